The maximum atomic E-state index is 13.6. The van der Waals surface area contributed by atoms with Crippen molar-refractivity contribution in [1.82, 2.24) is 14.5 Å². The van der Waals surface area contributed by atoms with E-state index in [4.69, 9.17) is 9.15 Å². The molecule has 6 nitrogen and oxygen atoms in total. The summed E-state index contributed by atoms with van der Waals surface area (Å²) in [5, 5.41) is 1.86. The zero-order chi connectivity index (χ0) is 19.8. The first-order valence-corrected chi connectivity index (χ1v) is 9.31. The number of halogens is 2. The van der Waals surface area contributed by atoms with E-state index in [0.717, 1.165) is 9.44 Å². The van der Waals surface area contributed by atoms with Crippen molar-refractivity contribution in [2.75, 3.05) is 0 Å². The van der Waals surface area contributed by atoms with Gasteiger partial charge in [0.05, 0.1) is 15.9 Å². The molecule has 3 aromatic heterocycles. The van der Waals surface area contributed by atoms with Gasteiger partial charge in [0.25, 0.3) is 0 Å². The molecule has 4 rings (SSSR count). The van der Waals surface area contributed by atoms with Crippen LogP contribution < -0.4 is 0 Å². The average Bonchev–Trinajstić information content (AvgIpc) is 3.38. The molecule has 144 valence electrons. The Morgan fingerprint density at radius 3 is 2.71 bits per heavy atom. The van der Waals surface area contributed by atoms with E-state index in [-0.39, 0.29) is 17.0 Å². The third-order valence-electron chi connectivity index (χ3n) is 4.19. The summed E-state index contributed by atoms with van der Waals surface area (Å²) < 4.78 is 38.9. The number of carbonyl (C=O) groups excluding carboxylic acids is 1. The molecule has 9 heteroatoms. The number of hydrogen-bond donors (Lipinski definition) is 0. The molecule has 3 heterocycles. The van der Waals surface area contributed by atoms with E-state index in [1.54, 1.807) is 31.2 Å². The molecule has 0 unspecified atom stereocenters. The summed E-state index contributed by atoms with van der Waals surface area (Å²) in [5.74, 6) is -0.191. The zero-order valence-electron chi connectivity index (χ0n) is 14.9. The van der Waals surface area contributed by atoms with E-state index in [9.17, 15) is 13.6 Å². The van der Waals surface area contributed by atoms with E-state index in [1.807, 2.05) is 17.5 Å². The Balaban J connectivity index is 1.62. The molecule has 0 spiro atoms. The lowest BCUT2D eigenvalue weighted by Gasteiger charge is -2.14. The van der Waals surface area contributed by atoms with Crippen molar-refractivity contribution >= 4 is 28.3 Å². The maximum absolute atomic E-state index is 13.6. The van der Waals surface area contributed by atoms with Crippen LogP contribution in [0.25, 0.3) is 21.8 Å². The third kappa shape index (κ3) is 3.18. The van der Waals surface area contributed by atoms with Crippen molar-refractivity contribution in [2.45, 2.75) is 26.5 Å². The van der Waals surface area contributed by atoms with Crippen LogP contribution in [-0.2, 0) is 4.74 Å². The van der Waals surface area contributed by atoms with Crippen LogP contribution >= 0.6 is 11.3 Å². The lowest BCUT2D eigenvalue weighted by atomic mass is 10.3. The molecule has 0 aliphatic heterocycles. The minimum absolute atomic E-state index is 0.00922. The fraction of sp³-hybridized carbons (Fsp3) is 0.211. The van der Waals surface area contributed by atoms with Gasteiger partial charge in [-0.25, -0.2) is 14.8 Å². The first-order valence-electron chi connectivity index (χ1n) is 8.43. The number of nitrogens with zero attached hydrogens (tertiary/aromatic N) is 3. The molecular formula is C19H15F2N3O3S. The predicted octanol–water partition coefficient (Wildman–Crippen LogP) is 5.37. The van der Waals surface area contributed by atoms with Crippen LogP contribution in [0.15, 0.2) is 46.2 Å². The number of thiophene rings is 1. The molecule has 0 aliphatic carbocycles. The quantitative estimate of drug-likeness (QED) is 0.419. The molecule has 4 aromatic rings. The van der Waals surface area contributed by atoms with Crippen LogP contribution in [0.1, 0.15) is 41.7 Å². The second-order valence-corrected chi connectivity index (χ2v) is 7.00. The van der Waals surface area contributed by atoms with Gasteiger partial charge in [0.15, 0.2) is 17.6 Å². The highest BCUT2D eigenvalue weighted by molar-refractivity contribution is 7.13. The molecule has 0 saturated heterocycles. The van der Waals surface area contributed by atoms with E-state index in [0.29, 0.717) is 17.2 Å². The zero-order valence-corrected chi connectivity index (χ0v) is 15.7. The summed E-state index contributed by atoms with van der Waals surface area (Å²) in [6.07, 6.45) is -1.00. The summed E-state index contributed by atoms with van der Waals surface area (Å²) in [6, 6.07) is 10.2. The highest BCUT2D eigenvalue weighted by Gasteiger charge is 2.27. The second kappa shape index (κ2) is 7.16. The molecule has 0 radical (unpaired) electrons. The lowest BCUT2D eigenvalue weighted by Crippen LogP contribution is -2.15. The van der Waals surface area contributed by atoms with Gasteiger partial charge in [0.1, 0.15) is 5.76 Å². The number of aryl methyl sites for hydroxylation is 1. The molecular weight excluding hydrogens is 388 g/mol. The van der Waals surface area contributed by atoms with Crippen molar-refractivity contribution in [3.8, 4) is 10.8 Å². The van der Waals surface area contributed by atoms with Crippen LogP contribution in [-0.4, -0.2) is 20.5 Å². The minimum Gasteiger partial charge on any atom is -0.450 e. The molecule has 0 amide bonds. The van der Waals surface area contributed by atoms with Gasteiger partial charge >= 0.3 is 12.5 Å². The van der Waals surface area contributed by atoms with Gasteiger partial charge in [-0.1, -0.05) is 18.2 Å². The molecule has 0 saturated carbocycles. The molecule has 0 fully saturated rings. The average molecular weight is 403 g/mol. The number of imidazole rings is 1. The number of oxazole rings is 1. The number of rotatable bonds is 5. The number of ether oxygens (including phenoxy) is 1. The summed E-state index contributed by atoms with van der Waals surface area (Å²) in [5.41, 5.74) is 0.682. The first-order chi connectivity index (χ1) is 13.5. The van der Waals surface area contributed by atoms with Crippen molar-refractivity contribution in [3.05, 3.63) is 59.1 Å². The Labute approximate surface area is 162 Å². The molecule has 28 heavy (non-hydrogen) atoms. The van der Waals surface area contributed by atoms with Crippen LogP contribution in [0.2, 0.25) is 0 Å². The van der Waals surface area contributed by atoms with Crippen molar-refractivity contribution in [2.24, 2.45) is 0 Å². The van der Waals surface area contributed by atoms with Crippen molar-refractivity contribution in [3.63, 3.8) is 0 Å². The highest BCUT2D eigenvalue weighted by Crippen LogP contribution is 2.30. The largest absolute Gasteiger partial charge is 0.450 e. The summed E-state index contributed by atoms with van der Waals surface area (Å²) in [7, 11) is 0. The SMILES string of the molecule is Cc1oc(-c2cccs2)nc1C(=O)O[C@@H](C)c1nc2ccccc2n1C(F)F. The van der Waals surface area contributed by atoms with Crippen molar-refractivity contribution in [1.29, 1.82) is 0 Å². The van der Waals surface area contributed by atoms with E-state index in [2.05, 4.69) is 9.97 Å². The number of hydrogen-bond acceptors (Lipinski definition) is 6. The Bertz CT molecular complexity index is 1130. The predicted molar refractivity (Wildman–Crippen MR) is 99.4 cm³/mol. The number of esters is 1. The van der Waals surface area contributed by atoms with Crippen molar-refractivity contribution < 1.29 is 22.7 Å². The molecule has 1 aromatic carbocycles. The fourth-order valence-corrected chi connectivity index (χ4v) is 3.56. The van der Waals surface area contributed by atoms with Gasteiger partial charge in [-0.05, 0) is 37.4 Å². The third-order valence-corrected chi connectivity index (χ3v) is 5.05. The summed E-state index contributed by atoms with van der Waals surface area (Å²) in [6.45, 7) is 0.274. The lowest BCUT2D eigenvalue weighted by molar-refractivity contribution is 0.0226. The number of para-hydroxylation sites is 2. The Kier molecular flexibility index (Phi) is 4.68. The van der Waals surface area contributed by atoms with Crippen LogP contribution in [0.3, 0.4) is 0 Å². The molecule has 0 N–H and O–H groups in total. The van der Waals surface area contributed by atoms with Gasteiger partial charge < -0.3 is 9.15 Å². The fourth-order valence-electron chi connectivity index (χ4n) is 2.92. The van der Waals surface area contributed by atoms with Crippen LogP contribution in [0.5, 0.6) is 0 Å². The number of fused-ring (bicyclic) bond motifs is 1. The molecule has 0 bridgehead atoms. The number of benzene rings is 1. The Morgan fingerprint density at radius 2 is 2.00 bits per heavy atom. The van der Waals surface area contributed by atoms with E-state index >= 15 is 0 Å². The van der Waals surface area contributed by atoms with Gasteiger partial charge in [0, 0.05) is 0 Å². The maximum Gasteiger partial charge on any atom is 0.361 e. The van der Waals surface area contributed by atoms with Gasteiger partial charge in [0.2, 0.25) is 5.89 Å². The topological polar surface area (TPSA) is 70.2 Å². The van der Waals surface area contributed by atoms with Gasteiger partial charge in [-0.15, -0.1) is 11.3 Å². The summed E-state index contributed by atoms with van der Waals surface area (Å²) >= 11 is 1.42. The second-order valence-electron chi connectivity index (χ2n) is 6.06. The number of aromatic nitrogens is 3. The van der Waals surface area contributed by atoms with Gasteiger partial charge in [-0.3, -0.25) is 4.57 Å². The number of alkyl halides is 2. The van der Waals surface area contributed by atoms with Gasteiger partial charge in [-0.2, -0.15) is 8.78 Å². The minimum atomic E-state index is -2.82. The molecule has 0 aliphatic rings. The van der Waals surface area contributed by atoms with Crippen LogP contribution in [0, 0.1) is 6.92 Å². The van der Waals surface area contributed by atoms with Crippen LogP contribution in [0.4, 0.5) is 8.78 Å². The molecule has 1 atom stereocenters. The number of carbonyl (C=O) groups is 1. The highest BCUT2D eigenvalue weighted by atomic mass is 32.1. The standard InChI is InChI=1S/C19H15F2N3O3S/c1-10-15(23-17(26-10)14-8-5-9-28-14)18(25)27-11(2)16-22-12-6-3-4-7-13(12)24(16)19(20)21/h3-9,11,19H,1-2H3/t11-/m0/s1. The monoisotopic (exact) mass is 403 g/mol. The Hall–Kier alpha value is -3.07. The van der Waals surface area contributed by atoms with E-state index < -0.39 is 18.6 Å². The van der Waals surface area contributed by atoms with E-state index in [1.165, 1.54) is 18.3 Å². The smallest absolute Gasteiger partial charge is 0.361 e. The summed E-state index contributed by atoms with van der Waals surface area (Å²) in [4.78, 5) is 21.7. The Morgan fingerprint density at radius 1 is 1.21 bits per heavy atom. The first kappa shape index (κ1) is 18.3. The normalized spacial score (nSPS) is 12.6.